The van der Waals surface area contributed by atoms with E-state index in [0.29, 0.717) is 13.1 Å². The van der Waals surface area contributed by atoms with Crippen LogP contribution in [0, 0.1) is 6.92 Å². The van der Waals surface area contributed by atoms with Gasteiger partial charge in [-0.2, -0.15) is 0 Å². The molecule has 0 radical (unpaired) electrons. The van der Waals surface area contributed by atoms with E-state index in [-0.39, 0.29) is 19.1 Å². The van der Waals surface area contributed by atoms with E-state index in [9.17, 15) is 9.90 Å². The summed E-state index contributed by atoms with van der Waals surface area (Å²) < 4.78 is 5.46. The summed E-state index contributed by atoms with van der Waals surface area (Å²) in [6, 6.07) is 7.66. The molecule has 1 aromatic rings. The average Bonchev–Trinajstić information content (AvgIpc) is 2.45. The molecule has 0 bridgehead atoms. The fourth-order valence-electron chi connectivity index (χ4n) is 1.54. The van der Waals surface area contributed by atoms with Crippen LogP contribution in [0.15, 0.2) is 24.3 Å². The van der Waals surface area contributed by atoms with Crippen molar-refractivity contribution in [3.63, 3.8) is 0 Å². The molecule has 0 spiro atoms. The molecule has 0 saturated carbocycles. The average molecular weight is 280 g/mol. The Morgan fingerprint density at radius 2 is 2.05 bits per heavy atom. The number of hydrogen-bond donors (Lipinski definition) is 2. The number of likely N-dealkylation sites (N-methyl/N-ethyl adjacent to an activating group) is 1. The Morgan fingerprint density at radius 1 is 1.40 bits per heavy atom. The smallest absolute Gasteiger partial charge is 0.236 e. The molecule has 0 aromatic heterocycles. The van der Waals surface area contributed by atoms with E-state index in [1.807, 2.05) is 38.1 Å². The lowest BCUT2D eigenvalue weighted by Crippen LogP contribution is -2.39. The van der Waals surface area contributed by atoms with Crippen LogP contribution in [0.3, 0.4) is 0 Å². The zero-order chi connectivity index (χ0) is 15.0. The lowest BCUT2D eigenvalue weighted by molar-refractivity contribution is -0.128. The van der Waals surface area contributed by atoms with Crippen LogP contribution in [0.25, 0.3) is 0 Å². The molecule has 0 aliphatic rings. The van der Waals surface area contributed by atoms with Crippen LogP contribution in [0.4, 0.5) is 0 Å². The van der Waals surface area contributed by atoms with Gasteiger partial charge in [-0.05, 0) is 26.0 Å². The van der Waals surface area contributed by atoms with Crippen molar-refractivity contribution in [3.8, 4) is 5.75 Å². The molecule has 0 aliphatic carbocycles. The Hall–Kier alpha value is -1.59. The Labute approximate surface area is 120 Å². The van der Waals surface area contributed by atoms with Gasteiger partial charge in [0.1, 0.15) is 18.5 Å². The summed E-state index contributed by atoms with van der Waals surface area (Å²) in [5.41, 5.74) is 1.16. The Balaban J connectivity index is 2.19. The second-order valence-corrected chi connectivity index (χ2v) is 4.82. The van der Waals surface area contributed by atoms with Gasteiger partial charge in [0.25, 0.3) is 0 Å². The fourth-order valence-corrected chi connectivity index (χ4v) is 1.54. The summed E-state index contributed by atoms with van der Waals surface area (Å²) in [5, 5.41) is 12.7. The van der Waals surface area contributed by atoms with Crippen molar-refractivity contribution in [3.05, 3.63) is 29.8 Å². The van der Waals surface area contributed by atoms with Crippen molar-refractivity contribution in [2.75, 3.05) is 33.3 Å². The zero-order valence-electron chi connectivity index (χ0n) is 12.4. The third-order valence-electron chi connectivity index (χ3n) is 3.02. The topological polar surface area (TPSA) is 61.8 Å². The quantitative estimate of drug-likeness (QED) is 0.739. The molecule has 0 aliphatic heterocycles. The number of aliphatic hydroxyl groups is 1. The molecular formula is C15H24N2O3. The largest absolute Gasteiger partial charge is 0.491 e. The van der Waals surface area contributed by atoms with Crippen LogP contribution in [0.1, 0.15) is 12.5 Å². The summed E-state index contributed by atoms with van der Waals surface area (Å²) in [6.45, 7) is 5.36. The van der Waals surface area contributed by atoms with Gasteiger partial charge in [-0.1, -0.05) is 17.7 Å². The first-order valence-electron chi connectivity index (χ1n) is 6.85. The van der Waals surface area contributed by atoms with Crippen molar-refractivity contribution in [1.29, 1.82) is 0 Å². The van der Waals surface area contributed by atoms with Gasteiger partial charge in [0.15, 0.2) is 0 Å². The third kappa shape index (κ3) is 6.04. The Kier molecular flexibility index (Phi) is 7.04. The minimum atomic E-state index is -0.643. The number of nitrogens with zero attached hydrogens (tertiary/aromatic N) is 1. The van der Waals surface area contributed by atoms with Gasteiger partial charge in [-0.25, -0.2) is 0 Å². The molecule has 0 saturated heterocycles. The number of carbonyl (C=O) groups is 1. The minimum absolute atomic E-state index is 0.0131. The molecule has 112 valence electrons. The highest BCUT2D eigenvalue weighted by molar-refractivity contribution is 5.77. The number of rotatable bonds is 8. The monoisotopic (exact) mass is 280 g/mol. The highest BCUT2D eigenvalue weighted by Crippen LogP contribution is 2.11. The second kappa shape index (κ2) is 8.55. The number of nitrogens with one attached hydrogen (secondary N) is 1. The van der Waals surface area contributed by atoms with Crippen LogP contribution in [0.2, 0.25) is 0 Å². The standard InChI is InChI=1S/C15H24N2O3/c1-4-17(3)15(19)10-16-9-13(18)11-20-14-7-5-12(2)6-8-14/h5-8,13,16,18H,4,9-11H2,1-3H3. The molecule has 1 aromatic carbocycles. The van der Waals surface area contributed by atoms with Crippen molar-refractivity contribution in [2.24, 2.45) is 0 Å². The zero-order valence-corrected chi connectivity index (χ0v) is 12.4. The minimum Gasteiger partial charge on any atom is -0.491 e. The number of aryl methyl sites for hydroxylation is 1. The van der Waals surface area contributed by atoms with Gasteiger partial charge in [-0.15, -0.1) is 0 Å². The maximum Gasteiger partial charge on any atom is 0.236 e. The summed E-state index contributed by atoms with van der Waals surface area (Å²) in [5.74, 6) is 0.746. The van der Waals surface area contributed by atoms with E-state index in [4.69, 9.17) is 4.74 Å². The van der Waals surface area contributed by atoms with E-state index in [2.05, 4.69) is 5.32 Å². The SMILES string of the molecule is CCN(C)C(=O)CNCC(O)COc1ccc(C)cc1. The van der Waals surface area contributed by atoms with Gasteiger partial charge in [0.2, 0.25) is 5.91 Å². The summed E-state index contributed by atoms with van der Waals surface area (Å²) >= 11 is 0. The number of hydrogen-bond acceptors (Lipinski definition) is 4. The number of ether oxygens (including phenoxy) is 1. The number of benzene rings is 1. The van der Waals surface area contributed by atoms with Gasteiger partial charge in [0, 0.05) is 20.1 Å². The molecule has 0 fully saturated rings. The van der Waals surface area contributed by atoms with Crippen LogP contribution in [0.5, 0.6) is 5.75 Å². The van der Waals surface area contributed by atoms with E-state index < -0.39 is 6.10 Å². The first-order valence-corrected chi connectivity index (χ1v) is 6.85. The molecule has 1 atom stereocenters. The fraction of sp³-hybridized carbons (Fsp3) is 0.533. The lowest BCUT2D eigenvalue weighted by atomic mass is 10.2. The van der Waals surface area contributed by atoms with Gasteiger partial charge >= 0.3 is 0 Å². The first kappa shape index (κ1) is 16.5. The van der Waals surface area contributed by atoms with Crippen LogP contribution >= 0.6 is 0 Å². The molecule has 5 nitrogen and oxygen atoms in total. The van der Waals surface area contributed by atoms with Crippen LogP contribution < -0.4 is 10.1 Å². The number of aliphatic hydroxyl groups excluding tert-OH is 1. The number of amides is 1. The molecule has 20 heavy (non-hydrogen) atoms. The highest BCUT2D eigenvalue weighted by Gasteiger charge is 2.09. The van der Waals surface area contributed by atoms with Crippen molar-refractivity contribution in [1.82, 2.24) is 10.2 Å². The van der Waals surface area contributed by atoms with Crippen molar-refractivity contribution in [2.45, 2.75) is 20.0 Å². The Bertz CT molecular complexity index is 406. The maximum absolute atomic E-state index is 11.5. The maximum atomic E-state index is 11.5. The molecule has 1 rings (SSSR count). The van der Waals surface area contributed by atoms with Crippen LogP contribution in [-0.4, -0.2) is 55.3 Å². The second-order valence-electron chi connectivity index (χ2n) is 4.82. The predicted molar refractivity (Wildman–Crippen MR) is 78.9 cm³/mol. The van der Waals surface area contributed by atoms with E-state index in [1.165, 1.54) is 0 Å². The van der Waals surface area contributed by atoms with Gasteiger partial charge in [0.05, 0.1) is 6.54 Å². The molecule has 5 heteroatoms. The molecule has 1 unspecified atom stereocenters. The third-order valence-corrected chi connectivity index (χ3v) is 3.02. The van der Waals surface area contributed by atoms with Crippen molar-refractivity contribution < 1.29 is 14.6 Å². The lowest BCUT2D eigenvalue weighted by Gasteiger charge is -2.16. The van der Waals surface area contributed by atoms with E-state index in [1.54, 1.807) is 11.9 Å². The van der Waals surface area contributed by atoms with E-state index >= 15 is 0 Å². The molecule has 2 N–H and O–H groups in total. The van der Waals surface area contributed by atoms with Gasteiger partial charge < -0.3 is 20.1 Å². The summed E-state index contributed by atoms with van der Waals surface area (Å²) in [4.78, 5) is 13.1. The Morgan fingerprint density at radius 3 is 2.65 bits per heavy atom. The number of carbonyl (C=O) groups excluding carboxylic acids is 1. The first-order chi connectivity index (χ1) is 9.52. The summed E-state index contributed by atoms with van der Waals surface area (Å²) in [7, 11) is 1.75. The molecular weight excluding hydrogens is 256 g/mol. The summed E-state index contributed by atoms with van der Waals surface area (Å²) in [6.07, 6.45) is -0.643. The highest BCUT2D eigenvalue weighted by atomic mass is 16.5. The van der Waals surface area contributed by atoms with Crippen LogP contribution in [-0.2, 0) is 4.79 Å². The van der Waals surface area contributed by atoms with Crippen molar-refractivity contribution >= 4 is 5.91 Å². The van der Waals surface area contributed by atoms with Gasteiger partial charge in [-0.3, -0.25) is 4.79 Å². The molecule has 1 amide bonds. The van der Waals surface area contributed by atoms with E-state index in [0.717, 1.165) is 11.3 Å². The predicted octanol–water partition coefficient (Wildman–Crippen LogP) is 0.803. The molecule has 0 heterocycles. The normalized spacial score (nSPS) is 12.0.